The fraction of sp³-hybridized carbons (Fsp3) is 0.158. The summed E-state index contributed by atoms with van der Waals surface area (Å²) in [7, 11) is 0. The van der Waals surface area contributed by atoms with Crippen LogP contribution >= 0.6 is 31.9 Å². The number of halogens is 2. The zero-order chi connectivity index (χ0) is 31.3. The summed E-state index contributed by atoms with van der Waals surface area (Å²) < 4.78 is 11.8. The van der Waals surface area contributed by atoms with Crippen molar-refractivity contribution in [1.29, 1.82) is 0 Å². The molecule has 46 heavy (non-hydrogen) atoms. The van der Waals surface area contributed by atoms with Crippen molar-refractivity contribution in [3.05, 3.63) is 143 Å². The number of allylic oxidation sites excluding steroid dienone is 12. The average molecular weight is 734 g/mol. The van der Waals surface area contributed by atoms with Crippen LogP contribution in [0.1, 0.15) is 24.0 Å². The van der Waals surface area contributed by atoms with Crippen LogP contribution in [0, 0.1) is 0 Å². The van der Waals surface area contributed by atoms with E-state index in [-0.39, 0.29) is 0 Å². The molecule has 5 heterocycles. The largest absolute Gasteiger partial charge is 0.494 e. The molecule has 5 aliphatic rings. The third-order valence-electron chi connectivity index (χ3n) is 7.64. The molecule has 8 heteroatoms. The summed E-state index contributed by atoms with van der Waals surface area (Å²) >= 11 is 6.92. The van der Waals surface area contributed by atoms with Gasteiger partial charge in [-0.05, 0) is 109 Å². The summed E-state index contributed by atoms with van der Waals surface area (Å²) in [6.07, 6.45) is 22.2. The highest BCUT2D eigenvalue weighted by Crippen LogP contribution is 2.33. The molecule has 0 saturated heterocycles. The van der Waals surface area contributed by atoms with Crippen molar-refractivity contribution in [2.75, 3.05) is 23.9 Å². The van der Waals surface area contributed by atoms with Gasteiger partial charge in [0.2, 0.25) is 0 Å². The van der Waals surface area contributed by atoms with Gasteiger partial charge in [-0.1, -0.05) is 56.1 Å². The van der Waals surface area contributed by atoms with Gasteiger partial charge in [0.1, 0.15) is 11.5 Å². The van der Waals surface area contributed by atoms with Crippen molar-refractivity contribution in [3.8, 4) is 11.5 Å². The van der Waals surface area contributed by atoms with Gasteiger partial charge in [0, 0.05) is 21.8 Å². The van der Waals surface area contributed by atoms with Crippen molar-refractivity contribution >= 4 is 65.9 Å². The van der Waals surface area contributed by atoms with Gasteiger partial charge in [-0.25, -0.2) is 20.0 Å². The predicted octanol–water partition coefficient (Wildman–Crippen LogP) is 8.96. The molecule has 6 nitrogen and oxygen atoms in total. The molecule has 7 rings (SSSR count). The quantitative estimate of drug-likeness (QED) is 0.181. The van der Waals surface area contributed by atoms with Gasteiger partial charge < -0.3 is 9.47 Å². The minimum absolute atomic E-state index is 0.668. The number of ether oxygens (including phenoxy) is 2. The molecule has 0 spiro atoms. The van der Waals surface area contributed by atoms with Gasteiger partial charge in [0.05, 0.1) is 58.8 Å². The Kier molecular flexibility index (Phi) is 9.17. The Bertz CT molecular complexity index is 1790. The third-order valence-corrected chi connectivity index (χ3v) is 8.76. The predicted molar refractivity (Wildman–Crippen MR) is 197 cm³/mol. The second-order valence-corrected chi connectivity index (χ2v) is 12.5. The monoisotopic (exact) mass is 732 g/mol. The van der Waals surface area contributed by atoms with Gasteiger partial charge in [-0.2, -0.15) is 0 Å². The first-order valence-corrected chi connectivity index (χ1v) is 17.5. The lowest BCUT2D eigenvalue weighted by Gasteiger charge is -2.11. The van der Waals surface area contributed by atoms with Crippen molar-refractivity contribution in [3.63, 3.8) is 0 Å². The van der Waals surface area contributed by atoms with Crippen LogP contribution in [0.5, 0.6) is 11.5 Å². The van der Waals surface area contributed by atoms with E-state index in [4.69, 9.17) is 29.4 Å². The van der Waals surface area contributed by atoms with Gasteiger partial charge in [-0.3, -0.25) is 0 Å². The molecule has 5 aliphatic heterocycles. The lowest BCUT2D eigenvalue weighted by Crippen LogP contribution is -2.01. The van der Waals surface area contributed by atoms with Gasteiger partial charge in [-0.15, -0.1) is 0 Å². The minimum Gasteiger partial charge on any atom is -0.494 e. The van der Waals surface area contributed by atoms with Crippen molar-refractivity contribution in [1.82, 2.24) is 0 Å². The fourth-order valence-corrected chi connectivity index (χ4v) is 5.93. The third kappa shape index (κ3) is 6.73. The molecule has 8 bridgehead atoms. The molecule has 228 valence electrons. The highest BCUT2D eigenvalue weighted by molar-refractivity contribution is 9.09. The second kappa shape index (κ2) is 13.9. The molecule has 0 saturated carbocycles. The van der Waals surface area contributed by atoms with Crippen molar-refractivity contribution in [2.45, 2.75) is 12.8 Å². The van der Waals surface area contributed by atoms with E-state index in [1.807, 2.05) is 85.0 Å². The average Bonchev–Trinajstić information content (AvgIpc) is 3.90. The molecule has 0 amide bonds. The van der Waals surface area contributed by atoms with Crippen LogP contribution < -0.4 is 9.47 Å². The fourth-order valence-electron chi connectivity index (χ4n) is 5.47. The topological polar surface area (TPSA) is 67.9 Å². The number of fused-ring (bicyclic) bond motifs is 4. The van der Waals surface area contributed by atoms with E-state index >= 15 is 0 Å². The first-order valence-electron chi connectivity index (χ1n) is 15.2. The molecule has 0 unspecified atom stereocenters. The minimum atomic E-state index is 0.668. The SMILES string of the molecule is BrCCCOc1ccc(C2=C3C=CC(=N3)C=C3C=CC(=N3)C(c3ccc(OCCCBr)cc3)=C3C=CC(=N3)C=C3C=CC2=N3)cc1. The summed E-state index contributed by atoms with van der Waals surface area (Å²) in [6, 6.07) is 16.3. The van der Waals surface area contributed by atoms with Crippen LogP contribution in [0.3, 0.4) is 0 Å². The van der Waals surface area contributed by atoms with E-state index < -0.39 is 0 Å². The Labute approximate surface area is 285 Å². The highest BCUT2D eigenvalue weighted by atomic mass is 79.9. The maximum absolute atomic E-state index is 5.89. The highest BCUT2D eigenvalue weighted by Gasteiger charge is 2.22. The Morgan fingerprint density at radius 1 is 0.478 bits per heavy atom. The molecule has 0 N–H and O–H groups in total. The molecule has 0 atom stereocenters. The summed E-state index contributed by atoms with van der Waals surface area (Å²) in [6.45, 7) is 1.34. The Morgan fingerprint density at radius 3 is 1.33 bits per heavy atom. The number of hydrogen-bond donors (Lipinski definition) is 0. The first-order chi connectivity index (χ1) is 22.7. The Morgan fingerprint density at radius 2 is 0.913 bits per heavy atom. The smallest absolute Gasteiger partial charge is 0.119 e. The first kappa shape index (κ1) is 30.3. The standard InChI is InChI=1S/C38H30Br2N4O2/c39-19-1-21-45-31-11-3-25(4-12-31)37-33-15-7-27(41-33)23-29-9-17-35(43-29)38(26-5-13-32(14-6-26)46-22-2-20-40)36-18-10-30(44-36)24-28-8-16-34(37)42-28/h3-18,23-24H,1-2,19-22H2. The van der Waals surface area contributed by atoms with E-state index in [0.29, 0.717) is 13.2 Å². The molecule has 0 aliphatic carbocycles. The maximum Gasteiger partial charge on any atom is 0.119 e. The Balaban J connectivity index is 1.28. The summed E-state index contributed by atoms with van der Waals surface area (Å²) in [5.74, 6) is 1.68. The van der Waals surface area contributed by atoms with Crippen LogP contribution in [-0.2, 0) is 0 Å². The summed E-state index contributed by atoms with van der Waals surface area (Å²) in [5.41, 5.74) is 10.7. The number of rotatable bonds is 10. The molecular formula is C38H30Br2N4O2. The van der Waals surface area contributed by atoms with E-state index in [0.717, 1.165) is 103 Å². The molecule has 2 aromatic rings. The summed E-state index contributed by atoms with van der Waals surface area (Å²) in [4.78, 5) is 20.1. The van der Waals surface area contributed by atoms with Crippen LogP contribution in [0.4, 0.5) is 0 Å². The zero-order valence-corrected chi connectivity index (χ0v) is 28.2. The van der Waals surface area contributed by atoms with Crippen LogP contribution in [-0.4, -0.2) is 46.7 Å². The molecule has 2 aromatic carbocycles. The van der Waals surface area contributed by atoms with Gasteiger partial charge in [0.15, 0.2) is 0 Å². The van der Waals surface area contributed by atoms with Crippen LogP contribution in [0.15, 0.2) is 152 Å². The lowest BCUT2D eigenvalue weighted by molar-refractivity contribution is 0.319. The molecule has 0 aromatic heterocycles. The van der Waals surface area contributed by atoms with E-state index in [1.165, 1.54) is 0 Å². The van der Waals surface area contributed by atoms with E-state index in [2.05, 4.69) is 56.1 Å². The Hall–Kier alpha value is -4.40. The number of benzene rings is 2. The van der Waals surface area contributed by atoms with Gasteiger partial charge >= 0.3 is 0 Å². The number of hydrogen-bond acceptors (Lipinski definition) is 6. The molecular weight excluding hydrogens is 704 g/mol. The zero-order valence-electron chi connectivity index (χ0n) is 25.0. The van der Waals surface area contributed by atoms with Crippen LogP contribution in [0.25, 0.3) is 11.1 Å². The van der Waals surface area contributed by atoms with Crippen molar-refractivity contribution in [2.24, 2.45) is 20.0 Å². The normalized spacial score (nSPS) is 17.7. The second-order valence-electron chi connectivity index (χ2n) is 10.9. The van der Waals surface area contributed by atoms with E-state index in [1.54, 1.807) is 0 Å². The maximum atomic E-state index is 5.89. The number of alkyl halides is 2. The number of nitrogens with zero attached hydrogens (tertiary/aromatic N) is 4. The van der Waals surface area contributed by atoms with Gasteiger partial charge in [0.25, 0.3) is 0 Å². The lowest BCUT2D eigenvalue weighted by atomic mass is 9.98. The molecule has 0 radical (unpaired) electrons. The molecule has 0 fully saturated rings. The van der Waals surface area contributed by atoms with Crippen molar-refractivity contribution < 1.29 is 9.47 Å². The van der Waals surface area contributed by atoms with E-state index in [9.17, 15) is 0 Å². The van der Waals surface area contributed by atoms with Crippen LogP contribution in [0.2, 0.25) is 0 Å². The summed E-state index contributed by atoms with van der Waals surface area (Å²) in [5, 5.41) is 1.83. The number of aliphatic imine (C=N–C) groups is 4.